The maximum atomic E-state index is 12.6. The Bertz CT molecular complexity index is 563. The van der Waals surface area contributed by atoms with Crippen LogP contribution in [0.2, 0.25) is 0 Å². The van der Waals surface area contributed by atoms with Crippen molar-refractivity contribution in [3.63, 3.8) is 0 Å². The molecule has 2 aromatic rings. The number of aromatic amines is 1. The van der Waals surface area contributed by atoms with E-state index in [2.05, 4.69) is 15.2 Å². The lowest BCUT2D eigenvalue weighted by Crippen LogP contribution is -2.07. The fraction of sp³-hybridized carbons (Fsp3) is 0.111. The van der Waals surface area contributed by atoms with Crippen molar-refractivity contribution in [2.24, 2.45) is 0 Å². The van der Waals surface area contributed by atoms with Gasteiger partial charge in [-0.3, -0.25) is 5.10 Å². The lowest BCUT2D eigenvalue weighted by Gasteiger charge is -2.00. The third-order valence-corrected chi connectivity index (χ3v) is 3.46. The minimum absolute atomic E-state index is 0.183. The summed E-state index contributed by atoms with van der Waals surface area (Å²) in [5.41, 5.74) is 0.498. The Morgan fingerprint density at radius 3 is 2.50 bits per heavy atom. The van der Waals surface area contributed by atoms with E-state index in [-0.39, 0.29) is 10.9 Å². The van der Waals surface area contributed by atoms with Gasteiger partial charge in [0, 0.05) is 0 Å². The zero-order valence-corrected chi connectivity index (χ0v) is 8.91. The number of hydrogen-bond donors (Lipinski definition) is 1. The van der Waals surface area contributed by atoms with Gasteiger partial charge in [0.15, 0.2) is 0 Å². The number of hydrogen-bond acceptors (Lipinski definition) is 4. The quantitative estimate of drug-likeness (QED) is 0.866. The molecule has 0 aliphatic carbocycles. The maximum Gasteiger partial charge on any atom is 0.243 e. The number of aromatic nitrogens is 3. The first-order valence-corrected chi connectivity index (χ1v) is 6.06. The molecule has 16 heavy (non-hydrogen) atoms. The molecule has 1 heterocycles. The number of halogens is 1. The zero-order valence-electron chi connectivity index (χ0n) is 8.09. The van der Waals surface area contributed by atoms with Crippen LogP contribution in [-0.4, -0.2) is 23.6 Å². The largest absolute Gasteiger partial charge is 0.250 e. The van der Waals surface area contributed by atoms with Gasteiger partial charge in [-0.25, -0.2) is 17.8 Å². The van der Waals surface area contributed by atoms with Gasteiger partial charge in [0.2, 0.25) is 15.0 Å². The number of H-pyrrole nitrogens is 1. The van der Waals surface area contributed by atoms with Crippen molar-refractivity contribution in [3.8, 4) is 0 Å². The molecule has 0 aliphatic heterocycles. The van der Waals surface area contributed by atoms with Gasteiger partial charge in [0.25, 0.3) is 0 Å². The molecule has 0 spiro atoms. The molecule has 2 rings (SSSR count). The third kappa shape index (κ3) is 2.25. The standard InChI is InChI=1S/C9H8FN3O2S/c10-8-3-1-7(2-4-8)5-16(14,15)9-11-6-12-13-9/h1-4,6H,5H2,(H,11,12,13). The van der Waals surface area contributed by atoms with Crippen molar-refractivity contribution >= 4 is 9.84 Å². The van der Waals surface area contributed by atoms with Gasteiger partial charge in [-0.05, 0) is 17.7 Å². The van der Waals surface area contributed by atoms with E-state index in [1.165, 1.54) is 24.3 Å². The van der Waals surface area contributed by atoms with E-state index in [1.54, 1.807) is 0 Å². The molecule has 0 fully saturated rings. The van der Waals surface area contributed by atoms with Crippen LogP contribution in [0.1, 0.15) is 5.56 Å². The van der Waals surface area contributed by atoms with Crippen LogP contribution in [0.3, 0.4) is 0 Å². The summed E-state index contributed by atoms with van der Waals surface area (Å²) in [7, 11) is -3.53. The Hall–Kier alpha value is -1.76. The molecule has 0 amide bonds. The minimum atomic E-state index is -3.53. The average Bonchev–Trinajstić information content (AvgIpc) is 2.75. The Morgan fingerprint density at radius 2 is 1.94 bits per heavy atom. The van der Waals surface area contributed by atoms with Gasteiger partial charge < -0.3 is 0 Å². The van der Waals surface area contributed by atoms with E-state index in [0.717, 1.165) is 6.33 Å². The third-order valence-electron chi connectivity index (χ3n) is 1.96. The van der Waals surface area contributed by atoms with Gasteiger partial charge >= 0.3 is 0 Å². The number of nitrogens with one attached hydrogen (secondary N) is 1. The van der Waals surface area contributed by atoms with Crippen LogP contribution < -0.4 is 0 Å². The van der Waals surface area contributed by atoms with Crippen molar-refractivity contribution in [3.05, 3.63) is 42.0 Å². The minimum Gasteiger partial charge on any atom is -0.250 e. The molecular formula is C9H8FN3O2S. The highest BCUT2D eigenvalue weighted by molar-refractivity contribution is 7.90. The van der Waals surface area contributed by atoms with Crippen molar-refractivity contribution in [2.75, 3.05) is 0 Å². The predicted octanol–water partition coefficient (Wildman–Crippen LogP) is 0.918. The van der Waals surface area contributed by atoms with Crippen molar-refractivity contribution in [1.82, 2.24) is 15.2 Å². The molecule has 0 bridgehead atoms. The Kier molecular flexibility index (Phi) is 2.69. The van der Waals surface area contributed by atoms with Crippen LogP contribution in [0.15, 0.2) is 35.7 Å². The van der Waals surface area contributed by atoms with E-state index in [9.17, 15) is 12.8 Å². The molecule has 5 nitrogen and oxygen atoms in total. The van der Waals surface area contributed by atoms with Crippen LogP contribution >= 0.6 is 0 Å². The summed E-state index contributed by atoms with van der Waals surface area (Å²) in [5, 5.41) is 5.57. The SMILES string of the molecule is O=S(=O)(Cc1ccc(F)cc1)c1ncn[nH]1. The van der Waals surface area contributed by atoms with Gasteiger partial charge in [0.1, 0.15) is 12.1 Å². The van der Waals surface area contributed by atoms with Gasteiger partial charge in [-0.1, -0.05) is 12.1 Å². The Morgan fingerprint density at radius 1 is 1.25 bits per heavy atom. The van der Waals surface area contributed by atoms with Crippen LogP contribution in [0.4, 0.5) is 4.39 Å². The molecule has 0 saturated carbocycles. The molecule has 84 valence electrons. The summed E-state index contributed by atoms with van der Waals surface area (Å²) < 4.78 is 36.1. The number of benzene rings is 1. The summed E-state index contributed by atoms with van der Waals surface area (Å²) in [6.45, 7) is 0. The second kappa shape index (κ2) is 4.01. The molecular weight excluding hydrogens is 233 g/mol. The predicted molar refractivity (Wildman–Crippen MR) is 53.7 cm³/mol. The number of nitrogens with zero attached hydrogens (tertiary/aromatic N) is 2. The highest BCUT2D eigenvalue weighted by Crippen LogP contribution is 2.12. The van der Waals surface area contributed by atoms with Crippen LogP contribution in [0, 0.1) is 5.82 Å². The summed E-state index contributed by atoms with van der Waals surface area (Å²) in [6.07, 6.45) is 1.12. The monoisotopic (exact) mass is 241 g/mol. The first kappa shape index (κ1) is 10.7. The second-order valence-electron chi connectivity index (χ2n) is 3.18. The topological polar surface area (TPSA) is 75.7 Å². The van der Waals surface area contributed by atoms with Crippen molar-refractivity contribution in [2.45, 2.75) is 10.9 Å². The van der Waals surface area contributed by atoms with Crippen molar-refractivity contribution < 1.29 is 12.8 Å². The summed E-state index contributed by atoms with van der Waals surface area (Å²) in [5.74, 6) is -0.636. The Balaban J connectivity index is 2.25. The van der Waals surface area contributed by atoms with E-state index in [0.29, 0.717) is 5.56 Å². The van der Waals surface area contributed by atoms with Crippen LogP contribution in [0.25, 0.3) is 0 Å². The first-order valence-electron chi connectivity index (χ1n) is 4.40. The summed E-state index contributed by atoms with van der Waals surface area (Å²) in [4.78, 5) is 3.57. The lowest BCUT2D eigenvalue weighted by atomic mass is 10.2. The average molecular weight is 241 g/mol. The zero-order chi connectivity index (χ0) is 11.6. The van der Waals surface area contributed by atoms with Gasteiger partial charge in [-0.2, -0.15) is 5.10 Å². The summed E-state index contributed by atoms with van der Waals surface area (Å²) in [6, 6.07) is 5.27. The Labute approximate surface area is 91.3 Å². The molecule has 0 aliphatic rings. The normalized spacial score (nSPS) is 11.6. The fourth-order valence-electron chi connectivity index (χ4n) is 1.21. The molecule has 0 radical (unpaired) electrons. The maximum absolute atomic E-state index is 12.6. The van der Waals surface area contributed by atoms with E-state index in [1.807, 2.05) is 0 Å². The first-order chi connectivity index (χ1) is 7.58. The van der Waals surface area contributed by atoms with Crippen LogP contribution in [-0.2, 0) is 15.6 Å². The lowest BCUT2D eigenvalue weighted by molar-refractivity contribution is 0.586. The van der Waals surface area contributed by atoms with E-state index in [4.69, 9.17) is 0 Å². The summed E-state index contributed by atoms with van der Waals surface area (Å²) >= 11 is 0. The van der Waals surface area contributed by atoms with E-state index >= 15 is 0 Å². The molecule has 1 aromatic carbocycles. The number of rotatable bonds is 3. The fourth-order valence-corrected chi connectivity index (χ4v) is 2.38. The molecule has 7 heteroatoms. The number of sulfone groups is 1. The highest BCUT2D eigenvalue weighted by atomic mass is 32.2. The van der Waals surface area contributed by atoms with E-state index < -0.39 is 15.7 Å². The second-order valence-corrected chi connectivity index (χ2v) is 5.08. The van der Waals surface area contributed by atoms with Crippen molar-refractivity contribution in [1.29, 1.82) is 0 Å². The molecule has 1 aromatic heterocycles. The van der Waals surface area contributed by atoms with Gasteiger partial charge in [0.05, 0.1) is 5.75 Å². The molecule has 1 N–H and O–H groups in total. The highest BCUT2D eigenvalue weighted by Gasteiger charge is 2.18. The smallest absolute Gasteiger partial charge is 0.243 e. The molecule has 0 atom stereocenters. The van der Waals surface area contributed by atoms with Crippen LogP contribution in [0.5, 0.6) is 0 Å². The van der Waals surface area contributed by atoms with Gasteiger partial charge in [-0.15, -0.1) is 0 Å². The molecule has 0 unspecified atom stereocenters. The molecule has 0 saturated heterocycles.